The average Bonchev–Trinajstić information content (AvgIpc) is 2.42. The van der Waals surface area contributed by atoms with Gasteiger partial charge in [0.05, 0.1) is 0 Å². The molecule has 0 saturated carbocycles. The van der Waals surface area contributed by atoms with Crippen LogP contribution < -0.4 is 0 Å². The molecule has 2 aromatic carbocycles. The molecule has 20 heavy (non-hydrogen) atoms. The molecular formula is C17H16O3. The van der Waals surface area contributed by atoms with Crippen LogP contribution in [0.5, 0.6) is 0 Å². The molecule has 3 nitrogen and oxygen atoms in total. The largest absolute Gasteiger partial charge is 0.373 e. The van der Waals surface area contributed by atoms with Crippen molar-refractivity contribution in [3.63, 3.8) is 0 Å². The Kier molecular flexibility index (Phi) is 6.08. The van der Waals surface area contributed by atoms with E-state index in [1.54, 1.807) is 0 Å². The summed E-state index contributed by atoms with van der Waals surface area (Å²) in [5, 5.41) is 0. The van der Waals surface area contributed by atoms with Gasteiger partial charge < -0.3 is 0 Å². The van der Waals surface area contributed by atoms with Gasteiger partial charge in [-0.25, -0.2) is 0 Å². The second-order valence-corrected chi connectivity index (χ2v) is 4.54. The third-order valence-electron chi connectivity index (χ3n) is 2.83. The predicted molar refractivity (Wildman–Crippen MR) is 75.4 cm³/mol. The summed E-state index contributed by atoms with van der Waals surface area (Å²) in [6.07, 6.45) is 0.726. The fourth-order valence-corrected chi connectivity index (χ4v) is 1.81. The number of aryl methyl sites for hydroxylation is 2. The predicted octanol–water partition coefficient (Wildman–Crippen LogP) is 3.15. The van der Waals surface area contributed by atoms with Crippen LogP contribution in [0.1, 0.15) is 27.0 Å². The van der Waals surface area contributed by atoms with Gasteiger partial charge in [0.1, 0.15) is 0 Å². The number of hydrogen-bond acceptors (Lipinski definition) is 3. The molecule has 102 valence electrons. The highest BCUT2D eigenvalue weighted by molar-refractivity contribution is 5.97. The molecule has 0 unspecified atom stereocenters. The Morgan fingerprint density at radius 2 is 1.55 bits per heavy atom. The Bertz CT molecular complexity index is 606. The van der Waals surface area contributed by atoms with Crippen molar-refractivity contribution in [2.45, 2.75) is 20.3 Å². The van der Waals surface area contributed by atoms with Gasteiger partial charge in [-0.2, -0.15) is 9.59 Å². The highest BCUT2D eigenvalue weighted by atomic mass is 16.2. The average molecular weight is 268 g/mol. The Morgan fingerprint density at radius 3 is 2.10 bits per heavy atom. The zero-order valence-electron chi connectivity index (χ0n) is 11.6. The minimum atomic E-state index is 0.178. The van der Waals surface area contributed by atoms with Crippen LogP contribution in [-0.2, 0) is 16.0 Å². The first-order valence-electron chi connectivity index (χ1n) is 6.21. The normalized spacial score (nSPS) is 9.10. The van der Waals surface area contributed by atoms with Crippen LogP contribution in [-0.4, -0.2) is 11.9 Å². The molecule has 0 heterocycles. The fourth-order valence-electron chi connectivity index (χ4n) is 1.81. The Labute approximate surface area is 118 Å². The van der Waals surface area contributed by atoms with Crippen LogP contribution >= 0.6 is 0 Å². The van der Waals surface area contributed by atoms with Crippen molar-refractivity contribution in [1.29, 1.82) is 0 Å². The van der Waals surface area contributed by atoms with Gasteiger partial charge in [0.25, 0.3) is 0 Å². The van der Waals surface area contributed by atoms with E-state index in [0.29, 0.717) is 6.42 Å². The summed E-state index contributed by atoms with van der Waals surface area (Å²) in [6.45, 7) is 4.05. The quantitative estimate of drug-likeness (QED) is 0.803. The van der Waals surface area contributed by atoms with Crippen LogP contribution in [0.4, 0.5) is 0 Å². The molecule has 0 aliphatic rings. The van der Waals surface area contributed by atoms with Gasteiger partial charge in [0.15, 0.2) is 5.78 Å². The summed E-state index contributed by atoms with van der Waals surface area (Å²) in [7, 11) is 0. The van der Waals surface area contributed by atoms with E-state index in [-0.39, 0.29) is 11.9 Å². The second-order valence-electron chi connectivity index (χ2n) is 4.54. The lowest BCUT2D eigenvalue weighted by Gasteiger charge is -2.03. The van der Waals surface area contributed by atoms with Crippen LogP contribution in [0.2, 0.25) is 0 Å². The van der Waals surface area contributed by atoms with Gasteiger partial charge in [-0.05, 0) is 25.5 Å². The molecule has 0 aromatic heterocycles. The maximum absolute atomic E-state index is 12.1. The van der Waals surface area contributed by atoms with E-state index in [1.807, 2.05) is 62.4 Å². The molecule has 0 amide bonds. The number of rotatable bonds is 3. The van der Waals surface area contributed by atoms with Crippen molar-refractivity contribution in [2.75, 3.05) is 0 Å². The maximum Gasteiger partial charge on any atom is 0.373 e. The summed E-state index contributed by atoms with van der Waals surface area (Å²) < 4.78 is 0. The van der Waals surface area contributed by atoms with Crippen molar-refractivity contribution in [1.82, 2.24) is 0 Å². The second kappa shape index (κ2) is 7.82. The van der Waals surface area contributed by atoms with E-state index >= 15 is 0 Å². The SMILES string of the molecule is Cc1ccc(CC(=O)c2cccc(C)c2)cc1.O=C=O. The van der Waals surface area contributed by atoms with Crippen molar-refractivity contribution in [2.24, 2.45) is 0 Å². The number of hydrogen-bond donors (Lipinski definition) is 0. The molecule has 0 spiro atoms. The van der Waals surface area contributed by atoms with Crippen LogP contribution in [0.15, 0.2) is 48.5 Å². The van der Waals surface area contributed by atoms with Crippen molar-refractivity contribution < 1.29 is 14.4 Å². The highest BCUT2D eigenvalue weighted by Crippen LogP contribution is 2.10. The number of ketones is 1. The van der Waals surface area contributed by atoms with Crippen molar-refractivity contribution in [3.8, 4) is 0 Å². The van der Waals surface area contributed by atoms with Crippen LogP contribution in [0.25, 0.3) is 0 Å². The van der Waals surface area contributed by atoms with E-state index in [9.17, 15) is 4.79 Å². The molecule has 2 rings (SSSR count). The zero-order chi connectivity index (χ0) is 15.0. The van der Waals surface area contributed by atoms with E-state index in [1.165, 1.54) is 5.56 Å². The monoisotopic (exact) mass is 268 g/mol. The smallest absolute Gasteiger partial charge is 0.294 e. The Hall–Kier alpha value is -2.51. The number of benzene rings is 2. The van der Waals surface area contributed by atoms with Gasteiger partial charge in [-0.1, -0.05) is 53.6 Å². The topological polar surface area (TPSA) is 51.2 Å². The first-order chi connectivity index (χ1) is 9.56. The van der Waals surface area contributed by atoms with Crippen molar-refractivity contribution >= 4 is 11.9 Å². The van der Waals surface area contributed by atoms with E-state index in [4.69, 9.17) is 9.59 Å². The van der Waals surface area contributed by atoms with Crippen LogP contribution in [0, 0.1) is 13.8 Å². The van der Waals surface area contributed by atoms with Gasteiger partial charge in [0.2, 0.25) is 0 Å². The van der Waals surface area contributed by atoms with Gasteiger partial charge >= 0.3 is 6.15 Å². The number of carbonyl (C=O) groups excluding carboxylic acids is 3. The standard InChI is InChI=1S/C16H16O.CO2/c1-12-6-8-14(9-7-12)11-16(17)15-5-3-4-13(2)10-15;2-1-3/h3-10H,11H2,1-2H3;. The number of carbonyl (C=O) groups is 1. The molecule has 0 radical (unpaired) electrons. The molecule has 0 bridgehead atoms. The fraction of sp³-hybridized carbons (Fsp3) is 0.176. The van der Waals surface area contributed by atoms with Crippen LogP contribution in [0.3, 0.4) is 0 Å². The van der Waals surface area contributed by atoms with E-state index in [0.717, 1.165) is 16.7 Å². The molecule has 2 aromatic rings. The van der Waals surface area contributed by atoms with E-state index < -0.39 is 0 Å². The molecule has 3 heteroatoms. The minimum absolute atomic E-state index is 0.178. The lowest BCUT2D eigenvalue weighted by atomic mass is 10.0. The molecule has 0 aliphatic carbocycles. The summed E-state index contributed by atoms with van der Waals surface area (Å²) in [5.41, 5.74) is 4.21. The molecular weight excluding hydrogens is 252 g/mol. The van der Waals surface area contributed by atoms with Crippen molar-refractivity contribution in [3.05, 3.63) is 70.8 Å². The summed E-state index contributed by atoms with van der Waals surface area (Å²) in [4.78, 5) is 28.3. The highest BCUT2D eigenvalue weighted by Gasteiger charge is 2.06. The third kappa shape index (κ3) is 5.01. The maximum atomic E-state index is 12.1. The first-order valence-corrected chi connectivity index (χ1v) is 6.21. The Balaban J connectivity index is 0.000000612. The lowest BCUT2D eigenvalue weighted by molar-refractivity contribution is -0.191. The Morgan fingerprint density at radius 1 is 0.950 bits per heavy atom. The molecule has 0 atom stereocenters. The molecule has 0 saturated heterocycles. The molecule has 0 N–H and O–H groups in total. The summed E-state index contributed by atoms with van der Waals surface area (Å²) in [6, 6.07) is 15.9. The third-order valence-corrected chi connectivity index (χ3v) is 2.83. The van der Waals surface area contributed by atoms with Gasteiger partial charge in [-0.15, -0.1) is 0 Å². The first kappa shape index (κ1) is 15.5. The summed E-state index contributed by atoms with van der Waals surface area (Å²) >= 11 is 0. The number of Topliss-reactive ketones (excluding diaryl/α,β-unsaturated/α-hetero) is 1. The molecule has 0 aliphatic heterocycles. The van der Waals surface area contributed by atoms with E-state index in [2.05, 4.69) is 0 Å². The van der Waals surface area contributed by atoms with Gasteiger partial charge in [-0.3, -0.25) is 4.79 Å². The summed E-state index contributed by atoms with van der Waals surface area (Å²) in [5.74, 6) is 0.178. The van der Waals surface area contributed by atoms with Gasteiger partial charge in [0, 0.05) is 12.0 Å². The molecule has 0 fully saturated rings. The minimum Gasteiger partial charge on any atom is -0.294 e. The lowest BCUT2D eigenvalue weighted by Crippen LogP contribution is -2.03. The zero-order valence-corrected chi connectivity index (χ0v) is 11.6.